The number of fused-ring (bicyclic) bond motifs is 1. The number of hydrogen-bond acceptors (Lipinski definition) is 5. The highest BCUT2D eigenvalue weighted by atomic mass is 35.5. The van der Waals surface area contributed by atoms with Crippen LogP contribution in [0.4, 0.5) is 5.69 Å². The summed E-state index contributed by atoms with van der Waals surface area (Å²) in [5, 5.41) is 9.21. The van der Waals surface area contributed by atoms with E-state index in [1.54, 1.807) is 18.8 Å². The van der Waals surface area contributed by atoms with Gasteiger partial charge >= 0.3 is 0 Å². The Balaban J connectivity index is 1.89. The van der Waals surface area contributed by atoms with E-state index in [4.69, 9.17) is 37.0 Å². The number of nitrogens with zero attached hydrogens (tertiary/aromatic N) is 1. The minimum absolute atomic E-state index is 0.187. The summed E-state index contributed by atoms with van der Waals surface area (Å²) in [7, 11) is 3.21. The van der Waals surface area contributed by atoms with Gasteiger partial charge in [-0.2, -0.15) is 5.41 Å². The molecule has 4 rings (SSSR count). The first kappa shape index (κ1) is 18.8. The van der Waals surface area contributed by atoms with Crippen LogP contribution in [0.1, 0.15) is 30.1 Å². The lowest BCUT2D eigenvalue weighted by Crippen LogP contribution is -2.33. The lowest BCUT2D eigenvalue weighted by molar-refractivity contribution is -0.315. The molecule has 1 aliphatic heterocycles. The normalized spacial score (nSPS) is 19.0. The summed E-state index contributed by atoms with van der Waals surface area (Å²) in [5.74, 6) is 2.46. The topological polar surface area (TPSA) is 80.6 Å². The van der Waals surface area contributed by atoms with Crippen molar-refractivity contribution in [3.05, 3.63) is 52.5 Å². The van der Waals surface area contributed by atoms with Gasteiger partial charge in [-0.3, -0.25) is 0 Å². The molecule has 28 heavy (non-hydrogen) atoms. The van der Waals surface area contributed by atoms with Gasteiger partial charge in [0.2, 0.25) is 11.7 Å². The Morgan fingerprint density at radius 2 is 1.96 bits per heavy atom. The van der Waals surface area contributed by atoms with E-state index in [0.29, 0.717) is 28.2 Å². The van der Waals surface area contributed by atoms with E-state index in [2.05, 4.69) is 0 Å². The highest BCUT2D eigenvalue weighted by Crippen LogP contribution is 2.44. The van der Waals surface area contributed by atoms with Gasteiger partial charge in [0.1, 0.15) is 18.4 Å². The fraction of sp³-hybridized carbons (Fsp3) is 0.333. The number of benzene rings is 2. The molecule has 2 aromatic carbocycles. The van der Waals surface area contributed by atoms with Crippen LogP contribution in [0.2, 0.25) is 5.02 Å². The first-order valence-electron chi connectivity index (χ1n) is 9.17. The van der Waals surface area contributed by atoms with Gasteiger partial charge in [-0.25, -0.2) is 4.58 Å². The second-order valence-electron chi connectivity index (χ2n) is 6.96. The van der Waals surface area contributed by atoms with Crippen LogP contribution in [0.3, 0.4) is 0 Å². The van der Waals surface area contributed by atoms with Crippen LogP contribution < -0.4 is 15.2 Å². The molecule has 0 aromatic heterocycles. The molecule has 3 N–H and O–H groups in total. The molecule has 0 saturated heterocycles. The summed E-state index contributed by atoms with van der Waals surface area (Å²) >= 11 is 6.33. The van der Waals surface area contributed by atoms with Gasteiger partial charge in [-0.1, -0.05) is 23.7 Å². The van der Waals surface area contributed by atoms with Crippen LogP contribution in [-0.4, -0.2) is 37.1 Å². The number of halogens is 1. The van der Waals surface area contributed by atoms with Crippen LogP contribution in [-0.2, 0) is 4.74 Å². The van der Waals surface area contributed by atoms with E-state index in [0.717, 1.165) is 29.7 Å². The van der Waals surface area contributed by atoms with Crippen LogP contribution in [0.25, 0.3) is 0 Å². The monoisotopic (exact) mass is 400 g/mol. The van der Waals surface area contributed by atoms with E-state index in [-0.39, 0.29) is 12.5 Å². The summed E-state index contributed by atoms with van der Waals surface area (Å²) in [5.41, 5.74) is 8.82. The van der Waals surface area contributed by atoms with E-state index < -0.39 is 6.10 Å². The van der Waals surface area contributed by atoms with Gasteiger partial charge in [0.05, 0.1) is 14.2 Å². The van der Waals surface area contributed by atoms with Crippen molar-refractivity contribution < 1.29 is 18.8 Å². The second-order valence-corrected chi connectivity index (χ2v) is 7.40. The summed E-state index contributed by atoms with van der Waals surface area (Å²) < 4.78 is 19.1. The molecular weight excluding hydrogens is 378 g/mol. The molecule has 146 valence electrons. The largest absolute Gasteiger partial charge is 0.493 e. The lowest BCUT2D eigenvalue weighted by atomic mass is 9.98. The molecule has 0 bridgehead atoms. The first-order chi connectivity index (χ1) is 13.5. The molecule has 1 atom stereocenters. The fourth-order valence-electron chi connectivity index (χ4n) is 3.62. The molecule has 0 radical (unpaired) electrons. The van der Waals surface area contributed by atoms with Crippen molar-refractivity contribution in [2.45, 2.75) is 18.9 Å². The van der Waals surface area contributed by atoms with Gasteiger partial charge in [0.25, 0.3) is 0 Å². The van der Waals surface area contributed by atoms with Gasteiger partial charge < -0.3 is 19.9 Å². The zero-order chi connectivity index (χ0) is 19.8. The zero-order valence-corrected chi connectivity index (χ0v) is 16.6. The SMILES string of the molecule is COc1cccc([C@H]2OCC(N)=[N+](C(=N)C3CC3)c3ccc(Cl)cc32)c1OC. The van der Waals surface area contributed by atoms with Gasteiger partial charge in [-0.15, -0.1) is 0 Å². The molecule has 1 aliphatic carbocycles. The molecule has 1 heterocycles. The maximum absolute atomic E-state index is 8.62. The second kappa shape index (κ2) is 7.45. The molecule has 2 aromatic rings. The number of nitrogens with one attached hydrogen (secondary N) is 1. The molecule has 2 aliphatic rings. The molecular formula is C21H23ClN3O3+. The fourth-order valence-corrected chi connectivity index (χ4v) is 3.80. The summed E-state index contributed by atoms with van der Waals surface area (Å²) in [6.07, 6.45) is 1.56. The zero-order valence-electron chi connectivity index (χ0n) is 15.9. The molecule has 1 saturated carbocycles. The maximum atomic E-state index is 8.62. The van der Waals surface area contributed by atoms with Crippen molar-refractivity contribution in [2.75, 3.05) is 20.8 Å². The molecule has 0 unspecified atom stereocenters. The van der Waals surface area contributed by atoms with E-state index in [1.165, 1.54) is 0 Å². The van der Waals surface area contributed by atoms with Crippen LogP contribution in [0.15, 0.2) is 36.4 Å². The number of ether oxygens (including phenoxy) is 3. The number of hydrogen-bond donors (Lipinski definition) is 2. The maximum Gasteiger partial charge on any atom is 0.237 e. The van der Waals surface area contributed by atoms with Gasteiger partial charge in [0, 0.05) is 22.1 Å². The van der Waals surface area contributed by atoms with Crippen molar-refractivity contribution >= 4 is 29.0 Å². The van der Waals surface area contributed by atoms with Crippen LogP contribution in [0, 0.1) is 11.3 Å². The number of amidine groups is 2. The minimum atomic E-state index is -0.464. The van der Waals surface area contributed by atoms with Crippen LogP contribution >= 0.6 is 11.6 Å². The average molecular weight is 401 g/mol. The lowest BCUT2D eigenvalue weighted by Gasteiger charge is -2.21. The molecule has 0 amide bonds. The Morgan fingerprint density at radius 3 is 2.64 bits per heavy atom. The van der Waals surface area contributed by atoms with Gasteiger partial charge in [-0.05, 0) is 37.1 Å². The van der Waals surface area contributed by atoms with Crippen LogP contribution in [0.5, 0.6) is 11.5 Å². The Labute approximate surface area is 169 Å². The van der Waals surface area contributed by atoms with Crippen molar-refractivity contribution in [3.8, 4) is 11.5 Å². The number of nitrogens with two attached hydrogens (primary N) is 1. The predicted molar refractivity (Wildman–Crippen MR) is 108 cm³/mol. The third kappa shape index (κ3) is 3.23. The molecule has 7 heteroatoms. The Hall–Kier alpha value is -2.57. The van der Waals surface area contributed by atoms with Crippen molar-refractivity contribution in [3.63, 3.8) is 0 Å². The number of para-hydroxylation sites is 1. The van der Waals surface area contributed by atoms with E-state index >= 15 is 0 Å². The highest BCUT2D eigenvalue weighted by molar-refractivity contribution is 6.30. The molecule has 1 fully saturated rings. The number of rotatable bonds is 4. The van der Waals surface area contributed by atoms with Crippen molar-refractivity contribution in [1.82, 2.24) is 0 Å². The smallest absolute Gasteiger partial charge is 0.237 e. The van der Waals surface area contributed by atoms with E-state index in [9.17, 15) is 0 Å². The van der Waals surface area contributed by atoms with E-state index in [1.807, 2.05) is 36.4 Å². The highest BCUT2D eigenvalue weighted by Gasteiger charge is 2.38. The molecule has 0 spiro atoms. The van der Waals surface area contributed by atoms with Crippen molar-refractivity contribution in [1.29, 1.82) is 5.41 Å². The summed E-state index contributed by atoms with van der Waals surface area (Å²) in [4.78, 5) is 0. The third-order valence-electron chi connectivity index (χ3n) is 5.12. The van der Waals surface area contributed by atoms with Gasteiger partial charge in [0.15, 0.2) is 11.5 Å². The Bertz CT molecular complexity index is 969. The standard InChI is InChI=1S/C21H22ClN3O3/c1-26-17-5-3-4-14(20(17)27-2)19-15-10-13(22)8-9-16(15)25(18(23)11-28-19)21(24)12-6-7-12/h3-5,8-10,12,19,23-24H,6-7,11H2,1-2H3/p+1/t19-/m1/s1. The quantitative estimate of drug-likeness (QED) is 0.464. The number of methoxy groups -OCH3 is 2. The third-order valence-corrected chi connectivity index (χ3v) is 5.35. The Morgan fingerprint density at radius 1 is 1.18 bits per heavy atom. The average Bonchev–Trinajstić information content (AvgIpc) is 3.54. The first-order valence-corrected chi connectivity index (χ1v) is 9.54. The van der Waals surface area contributed by atoms with Crippen molar-refractivity contribution in [2.24, 2.45) is 11.7 Å². The minimum Gasteiger partial charge on any atom is -0.493 e. The Kier molecular flexibility index (Phi) is 5.00. The molecule has 6 nitrogen and oxygen atoms in total. The summed E-state index contributed by atoms with van der Waals surface area (Å²) in [6, 6.07) is 11.3. The predicted octanol–water partition coefficient (Wildman–Crippen LogP) is 3.87. The summed E-state index contributed by atoms with van der Waals surface area (Å²) in [6.45, 7) is 0.187.